The van der Waals surface area contributed by atoms with Gasteiger partial charge in [0.1, 0.15) is 0 Å². The number of benzene rings is 2. The number of fused-ring (bicyclic) bond motifs is 1. The van der Waals surface area contributed by atoms with E-state index in [1.54, 1.807) is 20.3 Å². The lowest BCUT2D eigenvalue weighted by Crippen LogP contribution is -2.36. The molecule has 0 bridgehead atoms. The van der Waals surface area contributed by atoms with Crippen LogP contribution in [0, 0.1) is 0 Å². The summed E-state index contributed by atoms with van der Waals surface area (Å²) in [6, 6.07) is 11.5. The SMILES string of the molecule is COc1cc2c(cc1OC)=C(c1ccc(Br)cc1)NNC(=O)C=2. The van der Waals surface area contributed by atoms with Crippen molar-refractivity contribution in [2.45, 2.75) is 0 Å². The fourth-order valence-electron chi connectivity index (χ4n) is 2.44. The second kappa shape index (κ2) is 6.34. The van der Waals surface area contributed by atoms with E-state index in [2.05, 4.69) is 26.8 Å². The molecule has 118 valence electrons. The number of hydrogen-bond donors (Lipinski definition) is 2. The largest absolute Gasteiger partial charge is 0.493 e. The van der Waals surface area contributed by atoms with E-state index in [9.17, 15) is 4.79 Å². The van der Waals surface area contributed by atoms with E-state index in [0.29, 0.717) is 11.5 Å². The lowest BCUT2D eigenvalue weighted by atomic mass is 10.1. The Morgan fingerprint density at radius 3 is 2.26 bits per heavy atom. The molecule has 3 rings (SSSR count). The molecule has 5 nitrogen and oxygen atoms in total. The van der Waals surface area contributed by atoms with E-state index in [0.717, 1.165) is 26.2 Å². The van der Waals surface area contributed by atoms with Crippen molar-refractivity contribution in [1.82, 2.24) is 10.9 Å². The molecular weight excluding hydrogens is 360 g/mol. The molecule has 2 aromatic rings. The zero-order valence-electron chi connectivity index (χ0n) is 12.6. The van der Waals surface area contributed by atoms with Crippen LogP contribution in [0.4, 0.5) is 0 Å². The standard InChI is InChI=1S/C17H15BrN2O3/c1-22-14-7-11-8-16(21)19-20-17(13(11)9-15(14)23-2)10-3-5-12(18)6-4-10/h3-9,20H,1-2H3,(H,19,21). The summed E-state index contributed by atoms with van der Waals surface area (Å²) in [5.74, 6) is 0.948. The van der Waals surface area contributed by atoms with Crippen LogP contribution in [0.1, 0.15) is 5.56 Å². The Hall–Kier alpha value is -2.47. The number of rotatable bonds is 3. The molecule has 1 amide bonds. The first-order chi connectivity index (χ1) is 11.1. The van der Waals surface area contributed by atoms with Gasteiger partial charge in [-0.15, -0.1) is 0 Å². The number of carbonyl (C=O) groups is 1. The summed E-state index contributed by atoms with van der Waals surface area (Å²) in [6.07, 6.45) is 1.52. The first-order valence-electron chi connectivity index (χ1n) is 6.92. The fraction of sp³-hybridized carbons (Fsp3) is 0.118. The topological polar surface area (TPSA) is 59.6 Å². The summed E-state index contributed by atoms with van der Waals surface area (Å²) >= 11 is 3.43. The van der Waals surface area contributed by atoms with Crippen molar-refractivity contribution in [3.05, 3.63) is 56.9 Å². The quantitative estimate of drug-likeness (QED) is 0.842. The summed E-state index contributed by atoms with van der Waals surface area (Å²) in [5.41, 5.74) is 7.37. The molecule has 0 radical (unpaired) electrons. The first-order valence-corrected chi connectivity index (χ1v) is 7.71. The molecule has 0 aromatic heterocycles. The van der Waals surface area contributed by atoms with Crippen LogP contribution >= 0.6 is 15.9 Å². The van der Waals surface area contributed by atoms with Gasteiger partial charge in [-0.1, -0.05) is 28.1 Å². The number of ether oxygens (including phenoxy) is 2. The zero-order chi connectivity index (χ0) is 16.4. The van der Waals surface area contributed by atoms with Crippen molar-refractivity contribution in [1.29, 1.82) is 0 Å². The lowest BCUT2D eigenvalue weighted by molar-refractivity contribution is -0.115. The minimum absolute atomic E-state index is 0.231. The van der Waals surface area contributed by atoms with Crippen molar-refractivity contribution < 1.29 is 14.3 Å². The molecule has 0 atom stereocenters. The van der Waals surface area contributed by atoms with E-state index < -0.39 is 0 Å². The highest BCUT2D eigenvalue weighted by Gasteiger charge is 2.13. The summed E-state index contributed by atoms with van der Waals surface area (Å²) in [6.45, 7) is 0. The predicted octanol–water partition coefficient (Wildman–Crippen LogP) is 1.04. The third-order valence-electron chi connectivity index (χ3n) is 3.56. The van der Waals surface area contributed by atoms with Crippen LogP contribution < -0.4 is 30.8 Å². The molecule has 1 aliphatic heterocycles. The Balaban J connectivity index is 2.35. The molecule has 0 saturated carbocycles. The van der Waals surface area contributed by atoms with Gasteiger partial charge in [-0.05, 0) is 29.5 Å². The normalized spacial score (nSPS) is 13.2. The second-order valence-electron chi connectivity index (χ2n) is 4.93. The van der Waals surface area contributed by atoms with Crippen LogP contribution in [0.5, 0.6) is 11.5 Å². The highest BCUT2D eigenvalue weighted by atomic mass is 79.9. The van der Waals surface area contributed by atoms with Crippen LogP contribution in [-0.2, 0) is 4.79 Å². The predicted molar refractivity (Wildman–Crippen MR) is 91.2 cm³/mol. The number of methoxy groups -OCH3 is 2. The van der Waals surface area contributed by atoms with Gasteiger partial charge in [0, 0.05) is 21.3 Å². The van der Waals surface area contributed by atoms with Crippen molar-refractivity contribution in [2.24, 2.45) is 0 Å². The van der Waals surface area contributed by atoms with Crippen molar-refractivity contribution in [2.75, 3.05) is 14.2 Å². The molecule has 0 aliphatic carbocycles. The number of nitrogens with one attached hydrogen (secondary N) is 2. The van der Waals surface area contributed by atoms with Crippen molar-refractivity contribution >= 4 is 33.6 Å². The van der Waals surface area contributed by atoms with E-state index in [1.807, 2.05) is 30.3 Å². The Labute approximate surface area is 141 Å². The highest BCUT2D eigenvalue weighted by molar-refractivity contribution is 9.10. The average molecular weight is 375 g/mol. The number of carbonyl (C=O) groups excluding carboxylic acids is 1. The molecule has 1 heterocycles. The fourth-order valence-corrected chi connectivity index (χ4v) is 2.71. The van der Waals surface area contributed by atoms with E-state index in [1.165, 1.54) is 6.08 Å². The van der Waals surface area contributed by atoms with Gasteiger partial charge in [-0.25, -0.2) is 0 Å². The molecule has 2 aromatic carbocycles. The van der Waals surface area contributed by atoms with Crippen LogP contribution in [0.3, 0.4) is 0 Å². The molecular formula is C17H15BrN2O3. The highest BCUT2D eigenvalue weighted by Crippen LogP contribution is 2.23. The Morgan fingerprint density at radius 1 is 0.957 bits per heavy atom. The van der Waals surface area contributed by atoms with E-state index in [-0.39, 0.29) is 5.91 Å². The third-order valence-corrected chi connectivity index (χ3v) is 4.08. The van der Waals surface area contributed by atoms with Crippen LogP contribution in [0.2, 0.25) is 0 Å². The van der Waals surface area contributed by atoms with Crippen LogP contribution in [0.25, 0.3) is 11.8 Å². The monoisotopic (exact) mass is 374 g/mol. The minimum atomic E-state index is -0.231. The molecule has 23 heavy (non-hydrogen) atoms. The smallest absolute Gasteiger partial charge is 0.262 e. The summed E-state index contributed by atoms with van der Waals surface area (Å²) < 4.78 is 11.7. The van der Waals surface area contributed by atoms with Gasteiger partial charge in [0.05, 0.1) is 19.9 Å². The van der Waals surface area contributed by atoms with Crippen LogP contribution in [0.15, 0.2) is 40.9 Å². The molecule has 1 aliphatic rings. The minimum Gasteiger partial charge on any atom is -0.493 e. The van der Waals surface area contributed by atoms with E-state index in [4.69, 9.17) is 9.47 Å². The van der Waals surface area contributed by atoms with Gasteiger partial charge in [0.25, 0.3) is 5.91 Å². The summed E-state index contributed by atoms with van der Waals surface area (Å²) in [7, 11) is 3.15. The molecule has 6 heteroatoms. The van der Waals surface area contributed by atoms with Crippen molar-refractivity contribution in [3.8, 4) is 11.5 Å². The summed E-state index contributed by atoms with van der Waals surface area (Å²) in [5, 5.41) is 1.60. The number of hydrogen-bond acceptors (Lipinski definition) is 4. The van der Waals surface area contributed by atoms with Gasteiger partial charge in [0.15, 0.2) is 11.5 Å². The Bertz CT molecular complexity index is 876. The molecule has 0 fully saturated rings. The Kier molecular flexibility index (Phi) is 4.25. The molecule has 0 spiro atoms. The molecule has 0 saturated heterocycles. The summed E-state index contributed by atoms with van der Waals surface area (Å²) in [4.78, 5) is 11.9. The average Bonchev–Trinajstić information content (AvgIpc) is 2.72. The third kappa shape index (κ3) is 3.03. The molecule has 0 unspecified atom stereocenters. The van der Waals surface area contributed by atoms with Gasteiger partial charge in [0.2, 0.25) is 0 Å². The number of hydrazine groups is 1. The van der Waals surface area contributed by atoms with E-state index >= 15 is 0 Å². The van der Waals surface area contributed by atoms with Crippen LogP contribution in [-0.4, -0.2) is 20.1 Å². The maximum Gasteiger partial charge on any atom is 0.262 e. The lowest BCUT2D eigenvalue weighted by Gasteiger charge is -2.12. The Morgan fingerprint density at radius 2 is 1.61 bits per heavy atom. The number of halogens is 1. The zero-order valence-corrected chi connectivity index (χ0v) is 14.2. The van der Waals surface area contributed by atoms with Gasteiger partial charge < -0.3 is 9.47 Å². The maximum absolute atomic E-state index is 11.9. The van der Waals surface area contributed by atoms with Crippen molar-refractivity contribution in [3.63, 3.8) is 0 Å². The maximum atomic E-state index is 11.9. The van der Waals surface area contributed by atoms with Gasteiger partial charge in [-0.2, -0.15) is 0 Å². The second-order valence-corrected chi connectivity index (χ2v) is 5.85. The van der Waals surface area contributed by atoms with Gasteiger partial charge >= 0.3 is 0 Å². The number of amides is 1. The molecule has 2 N–H and O–H groups in total. The first kappa shape index (κ1) is 15.4. The van der Waals surface area contributed by atoms with Gasteiger partial charge in [-0.3, -0.25) is 15.6 Å².